The third-order valence-corrected chi connectivity index (χ3v) is 9.16. The van der Waals surface area contributed by atoms with Crippen molar-refractivity contribution in [2.75, 3.05) is 20.2 Å². The van der Waals surface area contributed by atoms with E-state index in [1.54, 1.807) is 19.2 Å². The SMILES string of the molecule is CC(C)(C)c1cccc(-c2ccccc2)[n+]1[O-].CC(C)(C)c1cccc(=O)[nH]1.CC(C)(C)c1cccc(C(=O)N2CCC2)n1.COc1cc(C)cc(C(C)(C)C)n1. The van der Waals surface area contributed by atoms with E-state index in [2.05, 4.69) is 90.3 Å². The largest absolute Gasteiger partial charge is 0.618 e. The van der Waals surface area contributed by atoms with E-state index in [0.29, 0.717) is 17.3 Å². The molecule has 5 heterocycles. The summed E-state index contributed by atoms with van der Waals surface area (Å²) < 4.78 is 6.16. The first-order valence-corrected chi connectivity index (χ1v) is 19.7. The summed E-state index contributed by atoms with van der Waals surface area (Å²) in [6.07, 6.45) is 1.12. The van der Waals surface area contributed by atoms with Crippen LogP contribution >= 0.6 is 0 Å². The second-order valence-corrected chi connectivity index (χ2v) is 18.5. The number of nitrogens with one attached hydrogen (secondary N) is 1. The number of nitrogens with zero attached hydrogens (tertiary/aromatic N) is 4. The number of carbonyl (C=O) groups excluding carboxylic acids is 1. The summed E-state index contributed by atoms with van der Waals surface area (Å²) in [5.41, 5.74) is 7.16. The number of aryl methyl sites for hydroxylation is 1. The number of likely N-dealkylation sites (tertiary alicyclic amines) is 1. The molecule has 1 amide bonds. The molecule has 0 unspecified atom stereocenters. The molecule has 1 N–H and O–H groups in total. The molecule has 57 heavy (non-hydrogen) atoms. The van der Waals surface area contributed by atoms with E-state index in [4.69, 9.17) is 4.74 Å². The minimum atomic E-state index is -0.146. The molecule has 306 valence electrons. The van der Waals surface area contributed by atoms with Gasteiger partial charge in [0.05, 0.1) is 12.8 Å². The first kappa shape index (κ1) is 46.1. The van der Waals surface area contributed by atoms with E-state index in [1.165, 1.54) is 11.6 Å². The lowest BCUT2D eigenvalue weighted by Crippen LogP contribution is -2.42. The zero-order valence-electron chi connectivity index (χ0n) is 36.8. The highest BCUT2D eigenvalue weighted by atomic mass is 16.5. The molecule has 0 atom stereocenters. The van der Waals surface area contributed by atoms with Crippen molar-refractivity contribution in [2.45, 2.75) is 118 Å². The maximum absolute atomic E-state index is 12.3. The number of hydrogen-bond donors (Lipinski definition) is 1. The standard InChI is InChI=1S/C15H17NO.C13H18N2O.C11H17NO.C9H13NO/c1-15(2,3)14-11-7-10-13(16(14)17)12-8-5-4-6-9-12;1-13(2,3)11-7-4-6-10(14-11)12(16)15-8-5-9-15;1-8-6-9(11(2,3)4)12-10(7-8)13-5;1-9(2,3)7-5-4-6-8(11)10-7/h4-11H,1-3H3;4,6-7H,5,8-9H2,1-3H3;6-7H,1-5H3;4-6H,1-3H3,(H,10,11). The third kappa shape index (κ3) is 14.0. The fourth-order valence-corrected chi connectivity index (χ4v) is 5.53. The summed E-state index contributed by atoms with van der Waals surface area (Å²) in [7, 11) is 1.65. The molecule has 4 aromatic heterocycles. The van der Waals surface area contributed by atoms with E-state index in [-0.39, 0.29) is 33.1 Å². The molecule has 0 bridgehead atoms. The van der Waals surface area contributed by atoms with Gasteiger partial charge in [0.15, 0.2) is 5.69 Å². The summed E-state index contributed by atoms with van der Waals surface area (Å²) in [6, 6.07) is 30.4. The second-order valence-electron chi connectivity index (χ2n) is 18.5. The van der Waals surface area contributed by atoms with Crippen molar-refractivity contribution in [3.05, 3.63) is 147 Å². The van der Waals surface area contributed by atoms with E-state index < -0.39 is 0 Å². The molecule has 1 aliphatic heterocycles. The van der Waals surface area contributed by atoms with Gasteiger partial charge in [-0.05, 0) is 61.4 Å². The number of benzene rings is 1. The molecule has 1 aliphatic rings. The Morgan fingerprint density at radius 3 is 1.79 bits per heavy atom. The average Bonchev–Trinajstić information content (AvgIpc) is 3.10. The highest BCUT2D eigenvalue weighted by Crippen LogP contribution is 2.25. The molecular formula is C48H65N5O4. The molecule has 9 heteroatoms. The molecular weight excluding hydrogens is 711 g/mol. The lowest BCUT2D eigenvalue weighted by atomic mass is 9.91. The van der Waals surface area contributed by atoms with Gasteiger partial charge in [0.25, 0.3) is 5.91 Å². The van der Waals surface area contributed by atoms with Crippen LogP contribution in [-0.4, -0.2) is 46.0 Å². The number of hydrogen-bond acceptors (Lipinski definition) is 6. The summed E-state index contributed by atoms with van der Waals surface area (Å²) in [6.45, 7) is 28.9. The molecule has 0 saturated carbocycles. The van der Waals surface area contributed by atoms with Crippen LogP contribution in [0.3, 0.4) is 0 Å². The normalized spacial score (nSPS) is 12.7. The third-order valence-electron chi connectivity index (χ3n) is 9.16. The number of rotatable bonds is 3. The van der Waals surface area contributed by atoms with Gasteiger partial charge in [0, 0.05) is 76.0 Å². The van der Waals surface area contributed by atoms with Crippen molar-refractivity contribution in [3.8, 4) is 17.1 Å². The smallest absolute Gasteiger partial charge is 0.272 e. The Morgan fingerprint density at radius 1 is 0.702 bits per heavy atom. The predicted octanol–water partition coefficient (Wildman–Crippen LogP) is 9.88. The van der Waals surface area contributed by atoms with Gasteiger partial charge in [0.2, 0.25) is 17.1 Å². The summed E-state index contributed by atoms with van der Waals surface area (Å²) >= 11 is 0. The minimum Gasteiger partial charge on any atom is -0.618 e. The first-order chi connectivity index (χ1) is 26.4. The van der Waals surface area contributed by atoms with E-state index in [1.807, 2.05) is 98.5 Å². The maximum atomic E-state index is 12.3. The quantitative estimate of drug-likeness (QED) is 0.144. The molecule has 1 aromatic carbocycles. The molecule has 1 fully saturated rings. The summed E-state index contributed by atoms with van der Waals surface area (Å²) in [5, 5.41) is 12.3. The lowest BCUT2D eigenvalue weighted by Gasteiger charge is -2.30. The topological polar surface area (TPSA) is 115 Å². The van der Waals surface area contributed by atoms with Crippen molar-refractivity contribution < 1.29 is 14.3 Å². The Balaban J connectivity index is 0.000000206. The number of pyridine rings is 4. The van der Waals surface area contributed by atoms with Crippen LogP contribution in [0.5, 0.6) is 5.88 Å². The van der Waals surface area contributed by atoms with Crippen molar-refractivity contribution in [3.63, 3.8) is 0 Å². The van der Waals surface area contributed by atoms with Crippen molar-refractivity contribution in [1.82, 2.24) is 19.9 Å². The number of carbonyl (C=O) groups is 1. The molecule has 5 aromatic rings. The van der Waals surface area contributed by atoms with Gasteiger partial charge in [-0.25, -0.2) is 9.97 Å². The molecule has 0 radical (unpaired) electrons. The van der Waals surface area contributed by atoms with Gasteiger partial charge in [-0.15, -0.1) is 0 Å². The number of aromatic amines is 1. The number of H-pyrrole nitrogens is 1. The molecule has 0 aliphatic carbocycles. The van der Waals surface area contributed by atoms with E-state index >= 15 is 0 Å². The Labute approximate surface area is 341 Å². The Hall–Kier alpha value is -5.31. The van der Waals surface area contributed by atoms with E-state index in [9.17, 15) is 14.8 Å². The number of aromatic nitrogens is 4. The van der Waals surface area contributed by atoms with Crippen LogP contribution in [0.1, 0.15) is 128 Å². The zero-order chi connectivity index (χ0) is 42.8. The number of methoxy groups -OCH3 is 1. The van der Waals surface area contributed by atoms with Crippen LogP contribution in [0.2, 0.25) is 0 Å². The van der Waals surface area contributed by atoms with Crippen molar-refractivity contribution in [1.29, 1.82) is 0 Å². The lowest BCUT2D eigenvalue weighted by molar-refractivity contribution is -0.606. The highest BCUT2D eigenvalue weighted by Gasteiger charge is 2.26. The monoisotopic (exact) mass is 776 g/mol. The van der Waals surface area contributed by atoms with Gasteiger partial charge in [-0.3, -0.25) is 9.59 Å². The first-order valence-electron chi connectivity index (χ1n) is 19.7. The highest BCUT2D eigenvalue weighted by molar-refractivity contribution is 5.92. The van der Waals surface area contributed by atoms with Crippen LogP contribution in [0.15, 0.2) is 102 Å². The van der Waals surface area contributed by atoms with Gasteiger partial charge in [-0.2, -0.15) is 4.73 Å². The second kappa shape index (κ2) is 19.2. The number of ether oxygens (including phenoxy) is 1. The van der Waals surface area contributed by atoms with Crippen LogP contribution in [0.4, 0.5) is 0 Å². The van der Waals surface area contributed by atoms with Gasteiger partial charge >= 0.3 is 0 Å². The fourth-order valence-electron chi connectivity index (χ4n) is 5.53. The average molecular weight is 776 g/mol. The van der Waals surface area contributed by atoms with Crippen LogP contribution < -0.4 is 15.0 Å². The molecule has 9 nitrogen and oxygen atoms in total. The van der Waals surface area contributed by atoms with Gasteiger partial charge in [-0.1, -0.05) is 113 Å². The summed E-state index contributed by atoms with van der Waals surface area (Å²) in [5.74, 6) is 0.766. The van der Waals surface area contributed by atoms with Crippen molar-refractivity contribution in [2.24, 2.45) is 0 Å². The Kier molecular flexibility index (Phi) is 15.5. The Bertz CT molecular complexity index is 2110. The van der Waals surface area contributed by atoms with Crippen LogP contribution in [0, 0.1) is 12.1 Å². The van der Waals surface area contributed by atoms with Crippen LogP contribution in [0.25, 0.3) is 11.3 Å². The zero-order valence-corrected chi connectivity index (χ0v) is 36.8. The molecule has 1 saturated heterocycles. The van der Waals surface area contributed by atoms with Gasteiger partial charge < -0.3 is 19.8 Å². The van der Waals surface area contributed by atoms with Gasteiger partial charge in [0.1, 0.15) is 5.69 Å². The van der Waals surface area contributed by atoms with Crippen molar-refractivity contribution >= 4 is 5.91 Å². The van der Waals surface area contributed by atoms with Crippen LogP contribution in [-0.2, 0) is 21.7 Å². The predicted molar refractivity (Wildman–Crippen MR) is 233 cm³/mol. The minimum absolute atomic E-state index is 0.00869. The summed E-state index contributed by atoms with van der Waals surface area (Å²) in [4.78, 5) is 36.3. The Morgan fingerprint density at radius 2 is 1.30 bits per heavy atom. The molecule has 6 rings (SSSR count). The fraction of sp³-hybridized carbons (Fsp3) is 0.438. The maximum Gasteiger partial charge on any atom is 0.272 e. The molecule has 0 spiro atoms. The van der Waals surface area contributed by atoms with E-state index in [0.717, 1.165) is 52.6 Å². The number of amides is 1.